The van der Waals surface area contributed by atoms with Gasteiger partial charge in [-0.3, -0.25) is 9.59 Å². The molecule has 0 aliphatic carbocycles. The van der Waals surface area contributed by atoms with Gasteiger partial charge in [0.2, 0.25) is 0 Å². The lowest BCUT2D eigenvalue weighted by Gasteiger charge is -2.33. The average Bonchev–Trinajstić information content (AvgIpc) is 3.56. The van der Waals surface area contributed by atoms with Gasteiger partial charge < -0.3 is 24.1 Å². The summed E-state index contributed by atoms with van der Waals surface area (Å²) in [5.74, 6) is 0.802. The highest BCUT2D eigenvalue weighted by molar-refractivity contribution is 5.98. The number of hydrogen-bond donors (Lipinski definition) is 1. The smallest absolute Gasteiger partial charge is 0.307 e. The number of ether oxygens (including phenoxy) is 3. The summed E-state index contributed by atoms with van der Waals surface area (Å²) in [5, 5.41) is 8.25. The van der Waals surface area contributed by atoms with Gasteiger partial charge in [-0.25, -0.2) is 9.67 Å². The number of carbonyl (C=O) groups excluding carboxylic acids is 2. The molecule has 4 aromatic rings. The van der Waals surface area contributed by atoms with E-state index in [0.717, 1.165) is 41.2 Å². The van der Waals surface area contributed by atoms with E-state index in [1.54, 1.807) is 20.2 Å². The Morgan fingerprint density at radius 3 is 2.60 bits per heavy atom. The molecule has 1 N–H and O–H groups in total. The van der Waals surface area contributed by atoms with Gasteiger partial charge in [-0.2, -0.15) is 5.10 Å². The molecule has 10 nitrogen and oxygen atoms in total. The van der Waals surface area contributed by atoms with E-state index < -0.39 is 0 Å². The van der Waals surface area contributed by atoms with E-state index in [9.17, 15) is 9.59 Å². The van der Waals surface area contributed by atoms with Gasteiger partial charge in [-0.05, 0) is 55.0 Å². The number of aromatic nitrogens is 4. The molecule has 2 atom stereocenters. The standard InChI is InChI=1S/C30H37N5O5/c1-30(2,3)25(16-27(36)39-6)34-23-13-18(29(37)31-4)10-11-21(23)33-28(34)19-14-22-20(24(15-19)38-5)17-32-35(22)26-9-7-8-12-40-26/h10-11,13-15,17,25-26H,7-9,12,16H2,1-6H3,(H,31,37). The summed E-state index contributed by atoms with van der Waals surface area (Å²) >= 11 is 0. The topological polar surface area (TPSA) is 109 Å². The van der Waals surface area contributed by atoms with Crippen LogP contribution in [0.15, 0.2) is 36.5 Å². The number of carbonyl (C=O) groups is 2. The van der Waals surface area contributed by atoms with Crippen LogP contribution in [0.2, 0.25) is 0 Å². The zero-order chi connectivity index (χ0) is 28.6. The number of imidazole rings is 1. The molecule has 0 bridgehead atoms. The summed E-state index contributed by atoms with van der Waals surface area (Å²) in [4.78, 5) is 30.3. The molecule has 2 aromatic heterocycles. The van der Waals surface area contributed by atoms with Crippen LogP contribution in [0.5, 0.6) is 5.75 Å². The third kappa shape index (κ3) is 5.03. The van der Waals surface area contributed by atoms with Gasteiger partial charge in [0.05, 0.1) is 54.8 Å². The second-order valence-corrected chi connectivity index (χ2v) is 11.3. The fraction of sp³-hybridized carbons (Fsp3) is 0.467. The van der Waals surface area contributed by atoms with Gasteiger partial charge in [-0.15, -0.1) is 0 Å². The van der Waals surface area contributed by atoms with Crippen LogP contribution in [0.3, 0.4) is 0 Å². The largest absolute Gasteiger partial charge is 0.496 e. The molecular weight excluding hydrogens is 510 g/mol. The Kier molecular flexibility index (Phi) is 7.55. The number of benzene rings is 2. The zero-order valence-electron chi connectivity index (χ0n) is 24.0. The normalized spacial score (nSPS) is 16.7. The molecule has 0 spiro atoms. The maximum absolute atomic E-state index is 12.7. The molecule has 2 unspecified atom stereocenters. The van der Waals surface area contributed by atoms with Crippen LogP contribution in [0.1, 0.15) is 69.1 Å². The summed E-state index contributed by atoms with van der Waals surface area (Å²) in [7, 11) is 4.64. The number of fused-ring (bicyclic) bond motifs is 2. The van der Waals surface area contributed by atoms with E-state index in [1.807, 2.05) is 29.1 Å². The van der Waals surface area contributed by atoms with Crippen molar-refractivity contribution in [3.8, 4) is 17.1 Å². The summed E-state index contributed by atoms with van der Waals surface area (Å²) in [6.07, 6.45) is 4.80. The fourth-order valence-electron chi connectivity index (χ4n) is 5.48. The molecule has 0 saturated carbocycles. The molecule has 1 aliphatic rings. The van der Waals surface area contributed by atoms with E-state index >= 15 is 0 Å². The molecule has 1 aliphatic heterocycles. The zero-order valence-corrected chi connectivity index (χ0v) is 24.0. The number of nitrogens with zero attached hydrogens (tertiary/aromatic N) is 4. The second kappa shape index (κ2) is 10.9. The quantitative estimate of drug-likeness (QED) is 0.314. The van der Waals surface area contributed by atoms with E-state index in [-0.39, 0.29) is 36.0 Å². The molecule has 2 aromatic carbocycles. The first kappa shape index (κ1) is 27.6. The minimum absolute atomic E-state index is 0.135. The van der Waals surface area contributed by atoms with Crippen molar-refractivity contribution in [2.24, 2.45) is 5.41 Å². The van der Waals surface area contributed by atoms with Crippen molar-refractivity contribution in [2.45, 2.75) is 58.7 Å². The van der Waals surface area contributed by atoms with Crippen LogP contribution >= 0.6 is 0 Å². The van der Waals surface area contributed by atoms with Gasteiger partial charge in [-0.1, -0.05) is 20.8 Å². The first-order chi connectivity index (χ1) is 19.2. The summed E-state index contributed by atoms with van der Waals surface area (Å²) in [5.41, 5.74) is 3.30. The summed E-state index contributed by atoms with van der Waals surface area (Å²) < 4.78 is 21.0. The minimum Gasteiger partial charge on any atom is -0.496 e. The highest BCUT2D eigenvalue weighted by atomic mass is 16.5. The third-order valence-corrected chi connectivity index (χ3v) is 7.66. The van der Waals surface area contributed by atoms with Crippen molar-refractivity contribution in [2.75, 3.05) is 27.9 Å². The lowest BCUT2D eigenvalue weighted by molar-refractivity contribution is -0.142. The molecular formula is C30H37N5O5. The molecule has 40 heavy (non-hydrogen) atoms. The van der Waals surface area contributed by atoms with Crippen molar-refractivity contribution in [1.82, 2.24) is 24.6 Å². The summed E-state index contributed by atoms with van der Waals surface area (Å²) in [6.45, 7) is 6.95. The molecule has 1 saturated heterocycles. The van der Waals surface area contributed by atoms with E-state index in [1.165, 1.54) is 7.11 Å². The Morgan fingerprint density at radius 2 is 1.95 bits per heavy atom. The maximum atomic E-state index is 12.7. The van der Waals surface area contributed by atoms with Crippen molar-refractivity contribution in [3.05, 3.63) is 42.1 Å². The Hall–Kier alpha value is -3.92. The third-order valence-electron chi connectivity index (χ3n) is 7.66. The second-order valence-electron chi connectivity index (χ2n) is 11.3. The van der Waals surface area contributed by atoms with Crippen molar-refractivity contribution in [1.29, 1.82) is 0 Å². The highest BCUT2D eigenvalue weighted by Gasteiger charge is 2.33. The highest BCUT2D eigenvalue weighted by Crippen LogP contribution is 2.42. The number of methoxy groups -OCH3 is 2. The Labute approximate surface area is 233 Å². The molecule has 1 amide bonds. The monoisotopic (exact) mass is 547 g/mol. The lowest BCUT2D eigenvalue weighted by Crippen LogP contribution is -2.28. The fourth-order valence-corrected chi connectivity index (χ4v) is 5.48. The molecule has 0 radical (unpaired) electrons. The van der Waals surface area contributed by atoms with Gasteiger partial charge >= 0.3 is 5.97 Å². The van der Waals surface area contributed by atoms with Crippen LogP contribution in [-0.2, 0) is 14.3 Å². The predicted octanol–water partition coefficient (Wildman–Crippen LogP) is 5.27. The number of amides is 1. The van der Waals surface area contributed by atoms with Crippen LogP contribution < -0.4 is 10.1 Å². The Balaban J connectivity index is 1.79. The molecule has 10 heteroatoms. The van der Waals surface area contributed by atoms with Gasteiger partial charge in [0, 0.05) is 24.8 Å². The van der Waals surface area contributed by atoms with E-state index in [2.05, 4.69) is 41.8 Å². The SMILES string of the molecule is CNC(=O)c1ccc2nc(-c3cc(OC)c4cnn(C5CCCCO5)c4c3)n(C(CC(=O)OC)C(C)(C)C)c2c1. The van der Waals surface area contributed by atoms with E-state index in [4.69, 9.17) is 19.2 Å². The number of esters is 1. The van der Waals surface area contributed by atoms with Crippen LogP contribution in [0.4, 0.5) is 0 Å². The van der Waals surface area contributed by atoms with E-state index in [0.29, 0.717) is 29.3 Å². The number of hydrogen-bond acceptors (Lipinski definition) is 7. The van der Waals surface area contributed by atoms with Crippen molar-refractivity contribution >= 4 is 33.8 Å². The van der Waals surface area contributed by atoms with Gasteiger partial charge in [0.15, 0.2) is 6.23 Å². The first-order valence-electron chi connectivity index (χ1n) is 13.6. The minimum atomic E-state index is -0.356. The molecule has 212 valence electrons. The Morgan fingerprint density at radius 1 is 1.15 bits per heavy atom. The van der Waals surface area contributed by atoms with Crippen molar-refractivity contribution < 1.29 is 23.8 Å². The van der Waals surface area contributed by atoms with Gasteiger partial charge in [0.25, 0.3) is 5.91 Å². The lowest BCUT2D eigenvalue weighted by atomic mass is 9.84. The van der Waals surface area contributed by atoms with Crippen LogP contribution in [0.25, 0.3) is 33.3 Å². The first-order valence-corrected chi connectivity index (χ1v) is 13.6. The number of rotatable bonds is 7. The van der Waals surface area contributed by atoms with Crippen LogP contribution in [-0.4, -0.2) is 59.1 Å². The molecule has 5 rings (SSSR count). The molecule has 3 heterocycles. The molecule has 1 fully saturated rings. The average molecular weight is 548 g/mol. The Bertz CT molecular complexity index is 1560. The van der Waals surface area contributed by atoms with Crippen LogP contribution in [0, 0.1) is 5.41 Å². The van der Waals surface area contributed by atoms with Gasteiger partial charge in [0.1, 0.15) is 11.6 Å². The summed E-state index contributed by atoms with van der Waals surface area (Å²) in [6, 6.07) is 9.11. The number of nitrogens with one attached hydrogen (secondary N) is 1. The predicted molar refractivity (Wildman–Crippen MR) is 152 cm³/mol. The maximum Gasteiger partial charge on any atom is 0.307 e. The van der Waals surface area contributed by atoms with Crippen molar-refractivity contribution in [3.63, 3.8) is 0 Å².